The van der Waals surface area contributed by atoms with Gasteiger partial charge in [0.1, 0.15) is 6.23 Å². The number of rotatable bonds is 1. The highest BCUT2D eigenvalue weighted by Gasteiger charge is 2.71. The van der Waals surface area contributed by atoms with Gasteiger partial charge in [0.05, 0.1) is 17.6 Å². The van der Waals surface area contributed by atoms with Crippen molar-refractivity contribution in [2.75, 3.05) is 24.6 Å². The summed E-state index contributed by atoms with van der Waals surface area (Å²) in [7, 11) is -2.96. The first-order valence-electron chi connectivity index (χ1n) is 10.5. The van der Waals surface area contributed by atoms with Gasteiger partial charge in [-0.15, -0.1) is 0 Å². The number of sulfone groups is 1. The second-order valence-electron chi connectivity index (χ2n) is 9.64. The lowest BCUT2D eigenvalue weighted by molar-refractivity contribution is -0.574. The Morgan fingerprint density at radius 2 is 1.82 bits per heavy atom. The summed E-state index contributed by atoms with van der Waals surface area (Å²) >= 11 is 0. The Labute approximate surface area is 166 Å². The monoisotopic (exact) mass is 417 g/mol. The van der Waals surface area contributed by atoms with E-state index in [1.54, 1.807) is 6.92 Å². The molecule has 0 aromatic carbocycles. The third-order valence-corrected chi connectivity index (χ3v) is 9.42. The molecule has 28 heavy (non-hydrogen) atoms. The molecule has 1 N–H and O–H groups in total. The molecule has 6 aliphatic rings. The normalized spacial score (nSPS) is 56.1. The van der Waals surface area contributed by atoms with Gasteiger partial charge >= 0.3 is 0 Å². The molecule has 5 aliphatic heterocycles. The molecule has 0 amide bonds. The highest BCUT2D eigenvalue weighted by atomic mass is 32.2. The van der Waals surface area contributed by atoms with Crippen molar-refractivity contribution in [2.45, 2.75) is 70.0 Å². The Balaban J connectivity index is 1.51. The number of fused-ring (bicyclic) bond motifs is 2. The van der Waals surface area contributed by atoms with E-state index in [0.717, 1.165) is 12.8 Å². The zero-order valence-corrected chi connectivity index (χ0v) is 17.6. The molecule has 1 spiro atoms. The first kappa shape index (κ1) is 19.7. The highest BCUT2D eigenvalue weighted by molar-refractivity contribution is 7.91. The van der Waals surface area contributed by atoms with Gasteiger partial charge in [-0.25, -0.2) is 18.2 Å². The topological polar surface area (TPSA) is 94.5 Å². The van der Waals surface area contributed by atoms with Crippen LogP contribution in [0.5, 0.6) is 0 Å². The van der Waals surface area contributed by atoms with Crippen molar-refractivity contribution in [3.8, 4) is 0 Å². The van der Waals surface area contributed by atoms with Crippen LogP contribution in [-0.4, -0.2) is 73.0 Å². The molecule has 0 aromatic heterocycles. The quantitative estimate of drug-likeness (QED) is 0.629. The molecule has 160 valence electrons. The smallest absolute Gasteiger partial charge is 0.204 e. The standard InChI is InChI=1S/C19H31NO7S/c1-11-4-5-13-12(2)16(20-6-8-28(22,23)9-7-20)24-17-19(13)15(11)14(21)10-18(3,25-17)26-27-19/h11-17,21H,4-10H2,1-3H3/t11-,12-,13?,14+,15?,16-,17-,18-,19+/m1/s1. The van der Waals surface area contributed by atoms with E-state index in [1.807, 2.05) is 0 Å². The fourth-order valence-electron chi connectivity index (χ4n) is 6.45. The SMILES string of the molecule is C[C@@H]1CCC2[C@@H](C)[C@H](N3CCS(=O)(=O)CC3)O[C@@H]3O[C@@]4(C)C[C@H](O)C1[C@@]23OO4. The zero-order chi connectivity index (χ0) is 19.9. The maximum absolute atomic E-state index is 11.9. The molecule has 0 radical (unpaired) electrons. The summed E-state index contributed by atoms with van der Waals surface area (Å²) in [4.78, 5) is 14.0. The van der Waals surface area contributed by atoms with Gasteiger partial charge in [-0.2, -0.15) is 0 Å². The predicted octanol–water partition coefficient (Wildman–Crippen LogP) is 0.896. The number of hydrogen-bond acceptors (Lipinski definition) is 8. The first-order chi connectivity index (χ1) is 13.2. The van der Waals surface area contributed by atoms with Gasteiger partial charge in [0.2, 0.25) is 5.79 Å². The fourth-order valence-corrected chi connectivity index (χ4v) is 7.68. The Morgan fingerprint density at radius 3 is 2.54 bits per heavy atom. The number of hydrogen-bond donors (Lipinski definition) is 1. The maximum atomic E-state index is 11.9. The molecular weight excluding hydrogens is 386 g/mol. The number of aliphatic hydroxyl groups excluding tert-OH is 1. The molecule has 8 nitrogen and oxygen atoms in total. The van der Waals surface area contributed by atoms with Crippen LogP contribution in [0.25, 0.3) is 0 Å². The van der Waals surface area contributed by atoms with Gasteiger partial charge < -0.3 is 14.6 Å². The lowest BCUT2D eigenvalue weighted by atomic mass is 9.57. The average Bonchev–Trinajstić information content (AvgIpc) is 2.79. The summed E-state index contributed by atoms with van der Waals surface area (Å²) in [5.41, 5.74) is -0.828. The number of nitrogens with zero attached hydrogens (tertiary/aromatic N) is 1. The maximum Gasteiger partial charge on any atom is 0.204 e. The van der Waals surface area contributed by atoms with Gasteiger partial charge in [0, 0.05) is 37.3 Å². The van der Waals surface area contributed by atoms with Crippen LogP contribution in [0.1, 0.15) is 40.0 Å². The summed E-state index contributed by atoms with van der Waals surface area (Å²) in [6.45, 7) is 7.03. The minimum atomic E-state index is -2.96. The van der Waals surface area contributed by atoms with Gasteiger partial charge in [0.15, 0.2) is 21.7 Å². The van der Waals surface area contributed by atoms with Crippen LogP contribution >= 0.6 is 0 Å². The molecule has 0 aromatic rings. The van der Waals surface area contributed by atoms with Crippen LogP contribution in [0.4, 0.5) is 0 Å². The molecule has 1 saturated carbocycles. The first-order valence-corrected chi connectivity index (χ1v) is 12.3. The van der Waals surface area contributed by atoms with E-state index in [2.05, 4.69) is 18.7 Å². The van der Waals surface area contributed by atoms with Crippen LogP contribution in [0, 0.1) is 23.7 Å². The van der Waals surface area contributed by atoms with Crippen LogP contribution in [0.15, 0.2) is 0 Å². The molecule has 9 atom stereocenters. The Bertz CT molecular complexity index is 733. The van der Waals surface area contributed by atoms with Crippen molar-refractivity contribution in [1.82, 2.24) is 4.90 Å². The molecule has 2 bridgehead atoms. The predicted molar refractivity (Wildman–Crippen MR) is 98.4 cm³/mol. The van der Waals surface area contributed by atoms with Crippen molar-refractivity contribution in [3.63, 3.8) is 0 Å². The molecule has 5 saturated heterocycles. The van der Waals surface area contributed by atoms with E-state index in [-0.39, 0.29) is 41.4 Å². The van der Waals surface area contributed by atoms with Gasteiger partial charge in [-0.05, 0) is 25.7 Å². The van der Waals surface area contributed by atoms with E-state index in [4.69, 9.17) is 19.2 Å². The van der Waals surface area contributed by atoms with E-state index >= 15 is 0 Å². The Hall–Kier alpha value is -0.290. The second-order valence-corrected chi connectivity index (χ2v) is 11.9. The van der Waals surface area contributed by atoms with Crippen LogP contribution < -0.4 is 0 Å². The number of ether oxygens (including phenoxy) is 2. The van der Waals surface area contributed by atoms with E-state index in [0.29, 0.717) is 19.5 Å². The summed E-state index contributed by atoms with van der Waals surface area (Å²) in [6, 6.07) is 0. The second kappa shape index (κ2) is 6.35. The summed E-state index contributed by atoms with van der Waals surface area (Å²) in [6.07, 6.45) is 0.846. The van der Waals surface area contributed by atoms with Crippen LogP contribution in [0.2, 0.25) is 0 Å². The van der Waals surface area contributed by atoms with Crippen molar-refractivity contribution < 1.29 is 32.8 Å². The van der Waals surface area contributed by atoms with E-state index < -0.39 is 33.6 Å². The molecule has 6 rings (SSSR count). The van der Waals surface area contributed by atoms with Gasteiger partial charge in [-0.1, -0.05) is 13.8 Å². The summed E-state index contributed by atoms with van der Waals surface area (Å²) in [5, 5.41) is 11.0. The van der Waals surface area contributed by atoms with Crippen LogP contribution in [-0.2, 0) is 29.1 Å². The lowest BCUT2D eigenvalue weighted by Gasteiger charge is -2.61. The fraction of sp³-hybridized carbons (Fsp3) is 1.00. The third kappa shape index (κ3) is 2.74. The third-order valence-electron chi connectivity index (χ3n) is 7.81. The summed E-state index contributed by atoms with van der Waals surface area (Å²) in [5.74, 6) is -0.359. The molecular formula is C19H31NO7S. The number of aliphatic hydroxyl groups is 1. The molecule has 9 heteroatoms. The van der Waals surface area contributed by atoms with Gasteiger partial charge in [-0.3, -0.25) is 4.90 Å². The van der Waals surface area contributed by atoms with E-state index in [1.165, 1.54) is 0 Å². The molecule has 1 aliphatic carbocycles. The van der Waals surface area contributed by atoms with Gasteiger partial charge in [0.25, 0.3) is 0 Å². The lowest BCUT2D eigenvalue weighted by Crippen LogP contribution is -2.73. The largest absolute Gasteiger partial charge is 0.392 e. The van der Waals surface area contributed by atoms with Crippen molar-refractivity contribution >= 4 is 9.84 Å². The van der Waals surface area contributed by atoms with Crippen molar-refractivity contribution in [3.05, 3.63) is 0 Å². The van der Waals surface area contributed by atoms with E-state index in [9.17, 15) is 13.5 Å². The zero-order valence-electron chi connectivity index (χ0n) is 16.7. The van der Waals surface area contributed by atoms with Crippen molar-refractivity contribution in [1.29, 1.82) is 0 Å². The minimum absolute atomic E-state index is 0.105. The molecule has 5 heterocycles. The van der Waals surface area contributed by atoms with Crippen LogP contribution in [0.3, 0.4) is 0 Å². The Kier molecular flexibility index (Phi) is 4.46. The van der Waals surface area contributed by atoms with Crippen molar-refractivity contribution in [2.24, 2.45) is 23.7 Å². The Morgan fingerprint density at radius 1 is 1.11 bits per heavy atom. The highest BCUT2D eigenvalue weighted by Crippen LogP contribution is 2.60. The summed E-state index contributed by atoms with van der Waals surface area (Å²) < 4.78 is 36.5. The molecule has 6 fully saturated rings. The average molecular weight is 418 g/mol. The minimum Gasteiger partial charge on any atom is -0.392 e. The molecule has 2 unspecified atom stereocenters.